The van der Waals surface area contributed by atoms with Crippen molar-refractivity contribution in [3.05, 3.63) is 41.5 Å². The molecule has 0 heterocycles. The molecule has 0 aliphatic carbocycles. The number of hydrogen-bond acceptors (Lipinski definition) is 2. The molecule has 0 bridgehead atoms. The number of benzene rings is 2. The molecule has 0 saturated heterocycles. The van der Waals surface area contributed by atoms with Gasteiger partial charge in [-0.2, -0.15) is 8.42 Å². The van der Waals surface area contributed by atoms with E-state index in [9.17, 15) is 13.0 Å². The van der Waals surface area contributed by atoms with E-state index < -0.39 is 10.1 Å². The third kappa shape index (κ3) is 10.5. The Bertz CT molecular complexity index is 933. The van der Waals surface area contributed by atoms with Gasteiger partial charge in [-0.25, -0.2) is 0 Å². The van der Waals surface area contributed by atoms with Crippen LogP contribution in [-0.2, 0) is 23.0 Å². The summed E-state index contributed by atoms with van der Waals surface area (Å²) in [4.78, 5) is 0.00130. The lowest BCUT2D eigenvalue weighted by Crippen LogP contribution is -2.01. The predicted octanol–water partition coefficient (Wildman–Crippen LogP) is 9.45. The topological polar surface area (TPSA) is 54.4 Å². The van der Waals surface area contributed by atoms with Gasteiger partial charge >= 0.3 is 0 Å². The van der Waals surface area contributed by atoms with Crippen molar-refractivity contribution in [1.82, 2.24) is 0 Å². The van der Waals surface area contributed by atoms with Crippen LogP contribution in [0.1, 0.15) is 128 Å². The Hall–Kier alpha value is -1.39. The van der Waals surface area contributed by atoms with Crippen molar-refractivity contribution < 1.29 is 13.0 Å². The van der Waals surface area contributed by atoms with E-state index in [1.807, 2.05) is 6.07 Å². The summed E-state index contributed by atoms with van der Waals surface area (Å²) in [6.45, 7) is 4.51. The SMILES string of the molecule is CCCCCCCCCCc1ccc2ccc(S(=O)(=O)O)cc2c1CCCCCCCCCC. The molecule has 192 valence electrons. The fraction of sp³-hybridized carbons (Fsp3) is 0.667. The summed E-state index contributed by atoms with van der Waals surface area (Å²) in [5.74, 6) is 0. The molecule has 2 rings (SSSR count). The first-order valence-electron chi connectivity index (χ1n) is 14.0. The van der Waals surface area contributed by atoms with Gasteiger partial charge in [-0.05, 0) is 59.7 Å². The van der Waals surface area contributed by atoms with Crippen LogP contribution in [0.3, 0.4) is 0 Å². The second-order valence-corrected chi connectivity index (χ2v) is 11.4. The Kier molecular flexibility index (Phi) is 13.8. The third-order valence-electron chi connectivity index (χ3n) is 7.08. The summed E-state index contributed by atoms with van der Waals surface area (Å²) < 4.78 is 33.1. The highest BCUT2D eigenvalue weighted by molar-refractivity contribution is 7.85. The monoisotopic (exact) mass is 488 g/mol. The molecule has 2 aromatic rings. The molecular formula is C30H48O3S. The zero-order valence-electron chi connectivity index (χ0n) is 21.8. The average molecular weight is 489 g/mol. The van der Waals surface area contributed by atoms with Crippen LogP contribution in [0, 0.1) is 0 Å². The first-order valence-corrected chi connectivity index (χ1v) is 15.4. The maximum atomic E-state index is 11.8. The van der Waals surface area contributed by atoms with Gasteiger partial charge in [-0.3, -0.25) is 4.55 Å². The standard InChI is InChI=1S/C30H48O3S/c1-3-5-7-9-11-13-15-17-19-26-21-22-27-23-24-28(34(31,32)33)25-30(27)29(26)20-18-16-14-12-10-8-6-4-2/h21-25H,3-20H2,1-2H3,(H,31,32,33). The zero-order chi connectivity index (χ0) is 24.7. The number of rotatable bonds is 19. The van der Waals surface area contributed by atoms with Crippen molar-refractivity contribution in [2.24, 2.45) is 0 Å². The Morgan fingerprint density at radius 3 is 1.62 bits per heavy atom. The lowest BCUT2D eigenvalue weighted by molar-refractivity contribution is 0.483. The lowest BCUT2D eigenvalue weighted by Gasteiger charge is -2.14. The highest BCUT2D eigenvalue weighted by atomic mass is 32.2. The molecule has 2 aromatic carbocycles. The van der Waals surface area contributed by atoms with E-state index in [0.717, 1.165) is 30.0 Å². The normalized spacial score (nSPS) is 12.0. The molecule has 34 heavy (non-hydrogen) atoms. The molecule has 0 radical (unpaired) electrons. The smallest absolute Gasteiger partial charge is 0.282 e. The molecule has 0 spiro atoms. The Morgan fingerprint density at radius 2 is 1.09 bits per heavy atom. The van der Waals surface area contributed by atoms with Crippen molar-refractivity contribution >= 4 is 20.9 Å². The van der Waals surface area contributed by atoms with Crippen LogP contribution in [0.5, 0.6) is 0 Å². The predicted molar refractivity (Wildman–Crippen MR) is 146 cm³/mol. The Labute approximate surface area is 209 Å². The second-order valence-electron chi connectivity index (χ2n) is 10.0. The van der Waals surface area contributed by atoms with Crippen LogP contribution < -0.4 is 0 Å². The van der Waals surface area contributed by atoms with Gasteiger partial charge in [0.05, 0.1) is 4.90 Å². The van der Waals surface area contributed by atoms with E-state index in [-0.39, 0.29) is 4.90 Å². The van der Waals surface area contributed by atoms with Crippen LogP contribution in [0.25, 0.3) is 10.8 Å². The molecule has 0 aliphatic rings. The molecule has 3 nitrogen and oxygen atoms in total. The Morgan fingerprint density at radius 1 is 0.618 bits per heavy atom. The van der Waals surface area contributed by atoms with E-state index >= 15 is 0 Å². The van der Waals surface area contributed by atoms with Crippen LogP contribution in [0.4, 0.5) is 0 Å². The van der Waals surface area contributed by atoms with Crippen molar-refractivity contribution in [2.45, 2.75) is 134 Å². The summed E-state index contributed by atoms with van der Waals surface area (Å²) in [7, 11) is -4.20. The van der Waals surface area contributed by atoms with Gasteiger partial charge in [0.15, 0.2) is 0 Å². The molecule has 0 unspecified atom stereocenters. The fourth-order valence-electron chi connectivity index (χ4n) is 4.98. The van der Waals surface area contributed by atoms with Gasteiger partial charge < -0.3 is 0 Å². The molecule has 4 heteroatoms. The van der Waals surface area contributed by atoms with Crippen LogP contribution in [-0.4, -0.2) is 13.0 Å². The molecular weight excluding hydrogens is 440 g/mol. The minimum absolute atomic E-state index is 0.00130. The van der Waals surface area contributed by atoms with Gasteiger partial charge in [0, 0.05) is 0 Å². The van der Waals surface area contributed by atoms with E-state index in [4.69, 9.17) is 0 Å². The average Bonchev–Trinajstić information content (AvgIpc) is 2.82. The van der Waals surface area contributed by atoms with Crippen LogP contribution >= 0.6 is 0 Å². The van der Waals surface area contributed by atoms with Gasteiger partial charge in [0.2, 0.25) is 0 Å². The van der Waals surface area contributed by atoms with Gasteiger partial charge in [-0.15, -0.1) is 0 Å². The molecule has 1 N–H and O–H groups in total. The summed E-state index contributed by atoms with van der Waals surface area (Å²) in [5.41, 5.74) is 2.64. The number of fused-ring (bicyclic) bond motifs is 1. The molecule has 0 fully saturated rings. The number of unbranched alkanes of at least 4 members (excludes halogenated alkanes) is 14. The quantitative estimate of drug-likeness (QED) is 0.158. The van der Waals surface area contributed by atoms with E-state index in [0.29, 0.717) is 0 Å². The first kappa shape index (κ1) is 28.8. The Balaban J connectivity index is 2.02. The van der Waals surface area contributed by atoms with Crippen molar-refractivity contribution in [3.63, 3.8) is 0 Å². The van der Waals surface area contributed by atoms with E-state index in [1.165, 1.54) is 114 Å². The van der Waals surface area contributed by atoms with Gasteiger partial charge in [0.25, 0.3) is 10.1 Å². The largest absolute Gasteiger partial charge is 0.294 e. The van der Waals surface area contributed by atoms with Gasteiger partial charge in [0.1, 0.15) is 0 Å². The van der Waals surface area contributed by atoms with Crippen molar-refractivity contribution in [2.75, 3.05) is 0 Å². The highest BCUT2D eigenvalue weighted by Crippen LogP contribution is 2.29. The maximum Gasteiger partial charge on any atom is 0.294 e. The minimum atomic E-state index is -4.20. The molecule has 0 aromatic heterocycles. The maximum absolute atomic E-state index is 11.8. The summed E-state index contributed by atoms with van der Waals surface area (Å²) in [5, 5.41) is 2.05. The lowest BCUT2D eigenvalue weighted by atomic mass is 9.91. The van der Waals surface area contributed by atoms with Crippen LogP contribution in [0.2, 0.25) is 0 Å². The first-order chi connectivity index (χ1) is 16.5. The zero-order valence-corrected chi connectivity index (χ0v) is 22.6. The number of aryl methyl sites for hydroxylation is 2. The summed E-state index contributed by atoms with van der Waals surface area (Å²) in [6, 6.07) is 9.38. The van der Waals surface area contributed by atoms with Crippen molar-refractivity contribution in [3.8, 4) is 0 Å². The van der Waals surface area contributed by atoms with Crippen LogP contribution in [0.15, 0.2) is 35.2 Å². The molecule has 0 atom stereocenters. The second kappa shape index (κ2) is 16.3. The van der Waals surface area contributed by atoms with E-state index in [2.05, 4.69) is 26.0 Å². The van der Waals surface area contributed by atoms with Gasteiger partial charge in [-0.1, -0.05) is 122 Å². The fourth-order valence-corrected chi connectivity index (χ4v) is 5.49. The molecule has 0 saturated carbocycles. The van der Waals surface area contributed by atoms with Crippen molar-refractivity contribution in [1.29, 1.82) is 0 Å². The summed E-state index contributed by atoms with van der Waals surface area (Å²) >= 11 is 0. The highest BCUT2D eigenvalue weighted by Gasteiger charge is 2.14. The molecule has 0 aliphatic heterocycles. The van der Waals surface area contributed by atoms with E-state index in [1.54, 1.807) is 6.07 Å². The minimum Gasteiger partial charge on any atom is -0.282 e. The third-order valence-corrected chi connectivity index (χ3v) is 7.93. The molecule has 0 amide bonds. The number of hydrogen-bond donors (Lipinski definition) is 1. The summed E-state index contributed by atoms with van der Waals surface area (Å²) in [6.07, 6.45) is 22.7.